The minimum Gasteiger partial charge on any atom is -0.456 e. The van der Waals surface area contributed by atoms with E-state index in [0.29, 0.717) is 0 Å². The molecular formula is C56H32O2. The van der Waals surface area contributed by atoms with Crippen LogP contribution >= 0.6 is 0 Å². The van der Waals surface area contributed by atoms with E-state index in [1.165, 1.54) is 81.7 Å². The maximum absolute atomic E-state index is 6.46. The van der Waals surface area contributed by atoms with E-state index in [2.05, 4.69) is 194 Å². The smallest absolute Gasteiger partial charge is 0.139 e. The maximum atomic E-state index is 6.46. The molecule has 13 aromatic rings. The van der Waals surface area contributed by atoms with E-state index in [9.17, 15) is 0 Å². The van der Waals surface area contributed by atoms with E-state index in [4.69, 9.17) is 8.83 Å². The molecule has 0 spiro atoms. The van der Waals surface area contributed by atoms with Crippen molar-refractivity contribution in [1.29, 1.82) is 0 Å². The average molecular weight is 737 g/mol. The monoisotopic (exact) mass is 736 g/mol. The van der Waals surface area contributed by atoms with E-state index < -0.39 is 0 Å². The number of benzene rings is 11. The predicted octanol–water partition coefficient (Wildman–Crippen LogP) is 16.3. The zero-order valence-electron chi connectivity index (χ0n) is 31.3. The predicted molar refractivity (Wildman–Crippen MR) is 245 cm³/mol. The molecule has 58 heavy (non-hydrogen) atoms. The van der Waals surface area contributed by atoms with Crippen LogP contribution in [0.2, 0.25) is 0 Å². The van der Waals surface area contributed by atoms with Gasteiger partial charge < -0.3 is 8.83 Å². The molecule has 0 N–H and O–H groups in total. The molecule has 268 valence electrons. The second-order valence-corrected chi connectivity index (χ2v) is 15.6. The van der Waals surface area contributed by atoms with Crippen molar-refractivity contribution in [2.24, 2.45) is 0 Å². The van der Waals surface area contributed by atoms with Crippen LogP contribution in [0.15, 0.2) is 203 Å². The molecule has 11 aromatic carbocycles. The molecule has 2 heterocycles. The van der Waals surface area contributed by atoms with Crippen LogP contribution in [0.5, 0.6) is 0 Å². The van der Waals surface area contributed by atoms with Gasteiger partial charge in [0.05, 0.1) is 0 Å². The molecule has 2 aromatic heterocycles. The second kappa shape index (κ2) is 11.9. The van der Waals surface area contributed by atoms with Crippen LogP contribution in [-0.2, 0) is 0 Å². The van der Waals surface area contributed by atoms with Gasteiger partial charge in [0.25, 0.3) is 0 Å². The van der Waals surface area contributed by atoms with Crippen LogP contribution in [0.1, 0.15) is 0 Å². The van der Waals surface area contributed by atoms with Crippen LogP contribution in [0.25, 0.3) is 131 Å². The molecule has 0 atom stereocenters. The summed E-state index contributed by atoms with van der Waals surface area (Å²) in [7, 11) is 0. The van der Waals surface area contributed by atoms with Gasteiger partial charge in [-0.1, -0.05) is 133 Å². The summed E-state index contributed by atoms with van der Waals surface area (Å²) in [5.41, 5.74) is 10.6. The Labute approximate surface area is 332 Å². The average Bonchev–Trinajstić information content (AvgIpc) is 3.83. The number of fused-ring (bicyclic) bond motifs is 13. The highest BCUT2D eigenvalue weighted by atomic mass is 16.3. The SMILES string of the molecule is c1ccc2cc(-c3ccc4oc5cc6oc7ccc(-c8ccc9cc(-c%10cc%11ccccc%11c%11ccccc%10%11)c%10ccccc%10c9c8)cc7c6cc5c4c3)ccc2c1. The summed E-state index contributed by atoms with van der Waals surface area (Å²) in [6.07, 6.45) is 0. The Morgan fingerprint density at radius 2 is 0.621 bits per heavy atom. The van der Waals surface area contributed by atoms with Crippen molar-refractivity contribution in [2.75, 3.05) is 0 Å². The molecule has 0 radical (unpaired) electrons. The quantitative estimate of drug-likeness (QED) is 0.169. The first kappa shape index (κ1) is 31.5. The van der Waals surface area contributed by atoms with Crippen molar-refractivity contribution < 1.29 is 8.83 Å². The van der Waals surface area contributed by atoms with Gasteiger partial charge in [-0.05, 0) is 142 Å². The van der Waals surface area contributed by atoms with Crippen molar-refractivity contribution in [2.45, 2.75) is 0 Å². The third kappa shape index (κ3) is 4.66. The number of furan rings is 2. The topological polar surface area (TPSA) is 26.3 Å². The lowest BCUT2D eigenvalue weighted by atomic mass is 9.88. The fourth-order valence-electron chi connectivity index (χ4n) is 9.56. The van der Waals surface area contributed by atoms with E-state index in [1.807, 2.05) is 0 Å². The van der Waals surface area contributed by atoms with Gasteiger partial charge in [-0.3, -0.25) is 0 Å². The third-order valence-electron chi connectivity index (χ3n) is 12.4. The highest BCUT2D eigenvalue weighted by molar-refractivity contribution is 6.21. The fraction of sp³-hybridized carbons (Fsp3) is 0. The Balaban J connectivity index is 0.951. The van der Waals surface area contributed by atoms with Crippen molar-refractivity contribution >= 4 is 97.7 Å². The molecule has 2 nitrogen and oxygen atoms in total. The van der Waals surface area contributed by atoms with Gasteiger partial charge in [-0.15, -0.1) is 0 Å². The van der Waals surface area contributed by atoms with Crippen LogP contribution in [0.4, 0.5) is 0 Å². The summed E-state index contributed by atoms with van der Waals surface area (Å²) in [6.45, 7) is 0. The van der Waals surface area contributed by atoms with E-state index >= 15 is 0 Å². The van der Waals surface area contributed by atoms with Gasteiger partial charge >= 0.3 is 0 Å². The molecule has 13 rings (SSSR count). The molecule has 0 aliphatic rings. The lowest BCUT2D eigenvalue weighted by molar-refractivity contribution is 0.656. The minimum atomic E-state index is 0.826. The highest BCUT2D eigenvalue weighted by Crippen LogP contribution is 2.43. The first-order valence-electron chi connectivity index (χ1n) is 19.9. The molecule has 2 heteroatoms. The maximum Gasteiger partial charge on any atom is 0.139 e. The van der Waals surface area contributed by atoms with Gasteiger partial charge in [0.1, 0.15) is 22.3 Å². The van der Waals surface area contributed by atoms with E-state index in [0.717, 1.165) is 49.4 Å². The van der Waals surface area contributed by atoms with Crippen molar-refractivity contribution in [3.05, 3.63) is 194 Å². The first-order valence-corrected chi connectivity index (χ1v) is 19.9. The minimum absolute atomic E-state index is 0.826. The number of hydrogen-bond donors (Lipinski definition) is 0. The molecule has 0 bridgehead atoms. The third-order valence-corrected chi connectivity index (χ3v) is 12.4. The van der Waals surface area contributed by atoms with Gasteiger partial charge in [-0.2, -0.15) is 0 Å². The zero-order chi connectivity index (χ0) is 37.9. The molecule has 0 aliphatic heterocycles. The molecule has 0 fully saturated rings. The molecule has 0 unspecified atom stereocenters. The normalized spacial score (nSPS) is 12.1. The Morgan fingerprint density at radius 3 is 1.24 bits per heavy atom. The Morgan fingerprint density at radius 1 is 0.207 bits per heavy atom. The summed E-state index contributed by atoms with van der Waals surface area (Å²) in [6, 6.07) is 70.6. The van der Waals surface area contributed by atoms with Gasteiger partial charge in [0.15, 0.2) is 0 Å². The molecule has 0 saturated carbocycles. The van der Waals surface area contributed by atoms with Crippen LogP contribution in [0, 0.1) is 0 Å². The summed E-state index contributed by atoms with van der Waals surface area (Å²) in [5.74, 6) is 0. The Kier molecular flexibility index (Phi) is 6.47. The van der Waals surface area contributed by atoms with Crippen LogP contribution in [0.3, 0.4) is 0 Å². The van der Waals surface area contributed by atoms with Crippen molar-refractivity contribution in [3.8, 4) is 33.4 Å². The molecule has 0 saturated heterocycles. The van der Waals surface area contributed by atoms with Crippen molar-refractivity contribution in [1.82, 2.24) is 0 Å². The number of hydrogen-bond acceptors (Lipinski definition) is 2. The van der Waals surface area contributed by atoms with Gasteiger partial charge in [-0.25, -0.2) is 0 Å². The molecule has 0 aliphatic carbocycles. The Hall–Kier alpha value is -7.68. The summed E-state index contributed by atoms with van der Waals surface area (Å²) in [4.78, 5) is 0. The summed E-state index contributed by atoms with van der Waals surface area (Å²) >= 11 is 0. The van der Waals surface area contributed by atoms with Crippen LogP contribution in [-0.4, -0.2) is 0 Å². The zero-order valence-corrected chi connectivity index (χ0v) is 31.3. The largest absolute Gasteiger partial charge is 0.456 e. The summed E-state index contributed by atoms with van der Waals surface area (Å²) in [5, 5.41) is 16.9. The van der Waals surface area contributed by atoms with E-state index in [1.54, 1.807) is 0 Å². The lowest BCUT2D eigenvalue weighted by Gasteiger charge is -2.16. The van der Waals surface area contributed by atoms with E-state index in [-0.39, 0.29) is 0 Å². The number of rotatable bonds is 3. The fourth-order valence-corrected chi connectivity index (χ4v) is 9.56. The van der Waals surface area contributed by atoms with Gasteiger partial charge in [0, 0.05) is 27.6 Å². The van der Waals surface area contributed by atoms with Crippen LogP contribution < -0.4 is 0 Å². The lowest BCUT2D eigenvalue weighted by Crippen LogP contribution is -1.88. The van der Waals surface area contributed by atoms with Crippen molar-refractivity contribution in [3.63, 3.8) is 0 Å². The summed E-state index contributed by atoms with van der Waals surface area (Å²) < 4.78 is 12.9. The molecule has 0 amide bonds. The second-order valence-electron chi connectivity index (χ2n) is 15.6. The Bertz CT molecular complexity index is 3860. The highest BCUT2D eigenvalue weighted by Gasteiger charge is 2.17. The molecular weight excluding hydrogens is 705 g/mol. The van der Waals surface area contributed by atoms with Gasteiger partial charge in [0.2, 0.25) is 0 Å². The first-order chi connectivity index (χ1) is 28.7. The standard InChI is InChI=1S/C56H32O2/c1-2-10-34-25-35(18-17-33(34)9-1)37-21-23-53-49(27-37)51-31-52-50-28-38(22-24-54(50)58-56(52)32-55(51)57-53)36-19-20-40-30-48(45-16-8-6-14-43(45)46(40)26-36)47-29-39-11-3-4-12-41(39)42-13-5-7-15-44(42)47/h1-32H.